The van der Waals surface area contributed by atoms with Gasteiger partial charge in [-0.25, -0.2) is 0 Å². The van der Waals surface area contributed by atoms with E-state index in [4.69, 9.17) is 15.5 Å². The SMILES string of the molecule is C#CC(=C1SCCS1)P(=O)(OCC)OCC. The maximum Gasteiger partial charge on any atom is 0.371 e. The molecular formula is C10H15O3PS2. The lowest BCUT2D eigenvalue weighted by Gasteiger charge is -2.17. The van der Waals surface area contributed by atoms with E-state index in [1.807, 2.05) is 0 Å². The van der Waals surface area contributed by atoms with Gasteiger partial charge in [-0.2, -0.15) is 0 Å². The Balaban J connectivity index is 3.04. The largest absolute Gasteiger partial charge is 0.371 e. The number of hydrogen-bond donors (Lipinski definition) is 0. The van der Waals surface area contributed by atoms with Crippen molar-refractivity contribution in [1.29, 1.82) is 0 Å². The summed E-state index contributed by atoms with van der Waals surface area (Å²) >= 11 is 3.24. The molecule has 3 nitrogen and oxygen atoms in total. The molecule has 0 saturated carbocycles. The van der Waals surface area contributed by atoms with Crippen LogP contribution in [0.15, 0.2) is 9.55 Å². The van der Waals surface area contributed by atoms with Crippen molar-refractivity contribution in [3.63, 3.8) is 0 Å². The lowest BCUT2D eigenvalue weighted by Crippen LogP contribution is -1.98. The van der Waals surface area contributed by atoms with Crippen LogP contribution in [-0.4, -0.2) is 24.7 Å². The van der Waals surface area contributed by atoms with Crippen molar-refractivity contribution in [1.82, 2.24) is 0 Å². The Hall–Kier alpha value is 0.150. The van der Waals surface area contributed by atoms with Crippen molar-refractivity contribution < 1.29 is 13.6 Å². The molecule has 0 unspecified atom stereocenters. The first-order valence-electron chi connectivity index (χ1n) is 5.04. The molecule has 0 atom stereocenters. The summed E-state index contributed by atoms with van der Waals surface area (Å²) in [5.74, 6) is 4.46. The van der Waals surface area contributed by atoms with E-state index in [9.17, 15) is 4.57 Å². The molecule has 0 amide bonds. The van der Waals surface area contributed by atoms with Crippen molar-refractivity contribution in [3.8, 4) is 12.3 Å². The van der Waals surface area contributed by atoms with Crippen LogP contribution in [0.5, 0.6) is 0 Å². The van der Waals surface area contributed by atoms with Gasteiger partial charge in [-0.3, -0.25) is 4.57 Å². The number of allylic oxidation sites excluding steroid dienone is 1. The Morgan fingerprint density at radius 1 is 1.38 bits per heavy atom. The molecule has 0 aromatic rings. The van der Waals surface area contributed by atoms with E-state index < -0.39 is 7.60 Å². The van der Waals surface area contributed by atoms with Crippen molar-refractivity contribution in [3.05, 3.63) is 9.55 Å². The number of terminal acetylenes is 1. The molecule has 0 N–H and O–H groups in total. The van der Waals surface area contributed by atoms with Gasteiger partial charge in [0.2, 0.25) is 0 Å². The van der Waals surface area contributed by atoms with Gasteiger partial charge in [0.1, 0.15) is 5.31 Å². The van der Waals surface area contributed by atoms with Gasteiger partial charge in [0.15, 0.2) is 0 Å². The second-order valence-corrected chi connectivity index (χ2v) is 7.24. The zero-order chi connectivity index (χ0) is 12.0. The molecule has 1 aliphatic heterocycles. The normalized spacial score (nSPS) is 16.2. The standard InChI is InChI=1S/C10H15O3PS2/c1-4-9(10-15-7-8-16-10)14(11,12-5-2)13-6-3/h1H,5-8H2,2-3H3. The van der Waals surface area contributed by atoms with E-state index in [0.29, 0.717) is 18.5 Å². The predicted octanol–water partition coefficient (Wildman–Crippen LogP) is 3.53. The van der Waals surface area contributed by atoms with E-state index in [2.05, 4.69) is 5.92 Å². The van der Waals surface area contributed by atoms with Crippen LogP contribution in [0.1, 0.15) is 13.8 Å². The lowest BCUT2D eigenvalue weighted by atomic mass is 10.7. The minimum atomic E-state index is -3.28. The molecule has 1 aliphatic rings. The van der Waals surface area contributed by atoms with Gasteiger partial charge in [0.05, 0.1) is 17.5 Å². The zero-order valence-electron chi connectivity index (χ0n) is 9.39. The average Bonchev–Trinajstić information content (AvgIpc) is 2.72. The Morgan fingerprint density at radius 2 is 1.88 bits per heavy atom. The molecule has 1 heterocycles. The van der Waals surface area contributed by atoms with Crippen LogP contribution in [0.25, 0.3) is 0 Å². The maximum atomic E-state index is 12.5. The quantitative estimate of drug-likeness (QED) is 0.568. The molecule has 1 fully saturated rings. The fourth-order valence-corrected chi connectivity index (χ4v) is 5.92. The molecule has 0 aromatic heterocycles. The van der Waals surface area contributed by atoms with Crippen LogP contribution in [0.3, 0.4) is 0 Å². The molecule has 0 radical (unpaired) electrons. The molecule has 16 heavy (non-hydrogen) atoms. The molecule has 1 rings (SSSR count). The lowest BCUT2D eigenvalue weighted by molar-refractivity contribution is 0.227. The minimum Gasteiger partial charge on any atom is -0.305 e. The molecule has 90 valence electrons. The highest BCUT2D eigenvalue weighted by atomic mass is 32.2. The summed E-state index contributed by atoms with van der Waals surface area (Å²) in [6.07, 6.45) is 5.43. The van der Waals surface area contributed by atoms with Crippen LogP contribution in [-0.2, 0) is 13.6 Å². The van der Waals surface area contributed by atoms with Gasteiger partial charge in [-0.05, 0) is 13.8 Å². The number of rotatable bonds is 5. The smallest absolute Gasteiger partial charge is 0.305 e. The molecule has 6 heteroatoms. The summed E-state index contributed by atoms with van der Waals surface area (Å²) in [6.45, 7) is 4.20. The first kappa shape index (κ1) is 14.2. The Labute approximate surface area is 105 Å². The first-order valence-corrected chi connectivity index (χ1v) is 8.55. The fraction of sp³-hybridized carbons (Fsp3) is 0.600. The van der Waals surface area contributed by atoms with E-state index in [0.717, 1.165) is 15.7 Å². The van der Waals surface area contributed by atoms with Gasteiger partial charge in [0.25, 0.3) is 0 Å². The van der Waals surface area contributed by atoms with E-state index in [1.165, 1.54) is 0 Å². The third-order valence-corrected chi connectivity index (χ3v) is 6.87. The summed E-state index contributed by atoms with van der Waals surface area (Å²) in [5.41, 5.74) is 0. The van der Waals surface area contributed by atoms with Crippen LogP contribution in [0.4, 0.5) is 0 Å². The average molecular weight is 278 g/mol. The molecule has 0 bridgehead atoms. The molecule has 0 spiro atoms. The summed E-state index contributed by atoms with van der Waals surface area (Å²) in [7, 11) is -3.28. The summed E-state index contributed by atoms with van der Waals surface area (Å²) in [4.78, 5) is 0. The molecule has 0 aliphatic carbocycles. The Bertz CT molecular complexity index is 342. The highest BCUT2D eigenvalue weighted by molar-refractivity contribution is 8.25. The van der Waals surface area contributed by atoms with Crippen molar-refractivity contribution >= 4 is 31.1 Å². The van der Waals surface area contributed by atoms with Gasteiger partial charge >= 0.3 is 7.60 Å². The van der Waals surface area contributed by atoms with E-state index in [1.54, 1.807) is 37.4 Å². The monoisotopic (exact) mass is 278 g/mol. The highest BCUT2D eigenvalue weighted by Gasteiger charge is 2.33. The third-order valence-electron chi connectivity index (χ3n) is 1.75. The van der Waals surface area contributed by atoms with Crippen LogP contribution in [0.2, 0.25) is 0 Å². The summed E-state index contributed by atoms with van der Waals surface area (Å²) in [5, 5.41) is 0.392. The Kier molecular flexibility index (Phi) is 6.02. The van der Waals surface area contributed by atoms with Crippen LogP contribution >= 0.6 is 31.1 Å². The molecular weight excluding hydrogens is 263 g/mol. The van der Waals surface area contributed by atoms with Crippen molar-refractivity contribution in [2.45, 2.75) is 13.8 Å². The topological polar surface area (TPSA) is 35.5 Å². The second-order valence-electron chi connectivity index (χ2n) is 2.81. The second kappa shape index (κ2) is 6.78. The summed E-state index contributed by atoms with van der Waals surface area (Å²) < 4.78 is 23.9. The van der Waals surface area contributed by atoms with Crippen molar-refractivity contribution in [2.24, 2.45) is 0 Å². The minimum absolute atomic E-state index is 0.324. The molecule has 1 saturated heterocycles. The fourth-order valence-electron chi connectivity index (χ4n) is 1.20. The maximum absolute atomic E-state index is 12.5. The molecule has 0 aromatic carbocycles. The Morgan fingerprint density at radius 3 is 2.25 bits per heavy atom. The zero-order valence-corrected chi connectivity index (χ0v) is 11.9. The van der Waals surface area contributed by atoms with Crippen molar-refractivity contribution in [2.75, 3.05) is 24.7 Å². The van der Waals surface area contributed by atoms with Gasteiger partial charge < -0.3 is 9.05 Å². The third kappa shape index (κ3) is 3.32. The number of hydrogen-bond acceptors (Lipinski definition) is 5. The van der Waals surface area contributed by atoms with Gasteiger partial charge in [-0.15, -0.1) is 29.9 Å². The van der Waals surface area contributed by atoms with E-state index in [-0.39, 0.29) is 0 Å². The predicted molar refractivity (Wildman–Crippen MR) is 71.6 cm³/mol. The first-order chi connectivity index (χ1) is 7.68. The highest BCUT2D eigenvalue weighted by Crippen LogP contribution is 2.60. The van der Waals surface area contributed by atoms with Gasteiger partial charge in [0, 0.05) is 11.5 Å². The van der Waals surface area contributed by atoms with Crippen LogP contribution < -0.4 is 0 Å². The van der Waals surface area contributed by atoms with E-state index >= 15 is 0 Å². The van der Waals surface area contributed by atoms with Crippen LogP contribution in [0, 0.1) is 12.3 Å². The number of thioether (sulfide) groups is 2. The summed E-state index contributed by atoms with van der Waals surface area (Å²) in [6, 6.07) is 0. The van der Waals surface area contributed by atoms with Gasteiger partial charge in [-0.1, -0.05) is 5.92 Å².